The topological polar surface area (TPSA) is 74.2 Å². The zero-order valence-electron chi connectivity index (χ0n) is 11.9. The lowest BCUT2D eigenvalue weighted by atomic mass is 10.1. The van der Waals surface area contributed by atoms with Gasteiger partial charge in [0.05, 0.1) is 5.02 Å². The Balaban J connectivity index is 2.17. The first kappa shape index (κ1) is 16.1. The number of nitrogens with two attached hydrogens (primary N) is 1. The largest absolute Gasteiger partial charge is 0.482 e. The molecule has 0 aliphatic heterocycles. The van der Waals surface area contributed by atoms with Gasteiger partial charge < -0.3 is 14.9 Å². The van der Waals surface area contributed by atoms with Gasteiger partial charge in [-0.15, -0.1) is 10.2 Å². The molecule has 0 radical (unpaired) electrons. The summed E-state index contributed by atoms with van der Waals surface area (Å²) in [4.78, 5) is 0. The van der Waals surface area contributed by atoms with Crippen LogP contribution in [0.5, 0.6) is 5.75 Å². The molecule has 2 aromatic rings. The van der Waals surface area contributed by atoms with Crippen LogP contribution in [0.15, 0.2) is 16.5 Å². The standard InChI is InChI=1S/C14H17Cl2N3O2/c1-3-12-18-19-13(21-12)7-20-14-9(4-8(2)17)5-10(15)6-11(14)16/h5-6,8H,3-4,7,17H2,1-2H3. The number of nitrogens with zero attached hydrogens (tertiary/aromatic N) is 2. The van der Waals surface area contributed by atoms with Gasteiger partial charge in [0, 0.05) is 17.5 Å². The minimum absolute atomic E-state index is 0.0306. The van der Waals surface area contributed by atoms with Crippen LogP contribution in [0.4, 0.5) is 0 Å². The molecule has 1 aromatic carbocycles. The minimum Gasteiger partial charge on any atom is -0.482 e. The molecule has 5 nitrogen and oxygen atoms in total. The van der Waals surface area contributed by atoms with Gasteiger partial charge in [0.1, 0.15) is 5.75 Å². The highest BCUT2D eigenvalue weighted by Crippen LogP contribution is 2.33. The van der Waals surface area contributed by atoms with Crippen LogP contribution in [0.1, 0.15) is 31.2 Å². The Morgan fingerprint density at radius 2 is 2.00 bits per heavy atom. The van der Waals surface area contributed by atoms with Crippen LogP contribution in [0.3, 0.4) is 0 Å². The van der Waals surface area contributed by atoms with Crippen LogP contribution >= 0.6 is 23.2 Å². The Morgan fingerprint density at radius 3 is 2.62 bits per heavy atom. The van der Waals surface area contributed by atoms with Crippen LogP contribution in [-0.2, 0) is 19.4 Å². The summed E-state index contributed by atoms with van der Waals surface area (Å²) in [6.07, 6.45) is 1.30. The van der Waals surface area contributed by atoms with Crippen LogP contribution in [0, 0.1) is 0 Å². The summed E-state index contributed by atoms with van der Waals surface area (Å²) < 4.78 is 11.1. The van der Waals surface area contributed by atoms with Gasteiger partial charge in [-0.1, -0.05) is 30.1 Å². The molecule has 1 heterocycles. The monoisotopic (exact) mass is 329 g/mol. The molecule has 0 saturated carbocycles. The summed E-state index contributed by atoms with van der Waals surface area (Å²) in [7, 11) is 0. The Morgan fingerprint density at radius 1 is 1.29 bits per heavy atom. The average molecular weight is 330 g/mol. The third-order valence-corrected chi connectivity index (χ3v) is 3.28. The van der Waals surface area contributed by atoms with Crippen molar-refractivity contribution in [3.05, 3.63) is 39.5 Å². The summed E-state index contributed by atoms with van der Waals surface area (Å²) in [5.41, 5.74) is 6.70. The molecule has 7 heteroatoms. The highest BCUT2D eigenvalue weighted by molar-refractivity contribution is 6.35. The Bertz CT molecular complexity index is 614. The van der Waals surface area contributed by atoms with Gasteiger partial charge in [-0.05, 0) is 31.0 Å². The van der Waals surface area contributed by atoms with Crippen molar-refractivity contribution in [3.63, 3.8) is 0 Å². The second-order valence-electron chi connectivity index (χ2n) is 4.79. The molecule has 1 aromatic heterocycles. The molecule has 0 bridgehead atoms. The predicted octanol–water partition coefficient (Wildman–Crippen LogP) is 3.41. The lowest BCUT2D eigenvalue weighted by Crippen LogP contribution is -2.18. The molecule has 2 N–H and O–H groups in total. The van der Waals surface area contributed by atoms with Crippen LogP contribution in [-0.4, -0.2) is 16.2 Å². The van der Waals surface area contributed by atoms with E-state index in [4.69, 9.17) is 38.1 Å². The number of aryl methyl sites for hydroxylation is 1. The quantitative estimate of drug-likeness (QED) is 0.878. The Hall–Kier alpha value is -1.30. The molecule has 21 heavy (non-hydrogen) atoms. The molecule has 1 atom stereocenters. The molecule has 2 rings (SSSR count). The van der Waals surface area contributed by atoms with Crippen molar-refractivity contribution in [1.82, 2.24) is 10.2 Å². The highest BCUT2D eigenvalue weighted by Gasteiger charge is 2.14. The first-order valence-electron chi connectivity index (χ1n) is 6.67. The Labute approximate surface area is 133 Å². The first-order chi connectivity index (χ1) is 9.99. The van der Waals surface area contributed by atoms with Crippen molar-refractivity contribution in [1.29, 1.82) is 0 Å². The predicted molar refractivity (Wildman–Crippen MR) is 81.8 cm³/mol. The normalized spacial score (nSPS) is 12.4. The molecule has 0 spiro atoms. The van der Waals surface area contributed by atoms with Gasteiger partial charge in [-0.2, -0.15) is 0 Å². The van der Waals surface area contributed by atoms with E-state index in [2.05, 4.69) is 10.2 Å². The van der Waals surface area contributed by atoms with Crippen LogP contribution in [0.25, 0.3) is 0 Å². The second kappa shape index (κ2) is 7.11. The maximum absolute atomic E-state index is 6.20. The molecule has 114 valence electrons. The van der Waals surface area contributed by atoms with Crippen molar-refractivity contribution < 1.29 is 9.15 Å². The molecular formula is C14H17Cl2N3O2. The number of halogens is 2. The van der Waals surface area contributed by atoms with Crippen molar-refractivity contribution in [2.45, 2.75) is 39.3 Å². The zero-order valence-corrected chi connectivity index (χ0v) is 13.4. The minimum atomic E-state index is -0.0306. The van der Waals surface area contributed by atoms with Gasteiger partial charge in [0.2, 0.25) is 5.89 Å². The number of hydrogen-bond acceptors (Lipinski definition) is 5. The van der Waals surface area contributed by atoms with Gasteiger partial charge >= 0.3 is 0 Å². The lowest BCUT2D eigenvalue weighted by molar-refractivity contribution is 0.257. The maximum atomic E-state index is 6.20. The molecule has 0 aliphatic rings. The molecule has 0 amide bonds. The smallest absolute Gasteiger partial charge is 0.253 e. The Kier molecular flexibility index (Phi) is 5.45. The van der Waals surface area contributed by atoms with Crippen molar-refractivity contribution in [3.8, 4) is 5.75 Å². The van der Waals surface area contributed by atoms with E-state index in [1.54, 1.807) is 12.1 Å². The molecule has 0 aliphatic carbocycles. The summed E-state index contributed by atoms with van der Waals surface area (Å²) >= 11 is 12.2. The van der Waals surface area contributed by atoms with E-state index in [-0.39, 0.29) is 12.6 Å². The second-order valence-corrected chi connectivity index (χ2v) is 5.63. The fourth-order valence-corrected chi connectivity index (χ4v) is 2.49. The fraction of sp³-hybridized carbons (Fsp3) is 0.429. The van der Waals surface area contributed by atoms with E-state index in [0.717, 1.165) is 5.56 Å². The van der Waals surface area contributed by atoms with Gasteiger partial charge in [-0.25, -0.2) is 0 Å². The molecule has 1 unspecified atom stereocenters. The molecule has 0 fully saturated rings. The average Bonchev–Trinajstić information content (AvgIpc) is 2.84. The van der Waals surface area contributed by atoms with E-state index >= 15 is 0 Å². The maximum Gasteiger partial charge on any atom is 0.253 e. The lowest BCUT2D eigenvalue weighted by Gasteiger charge is -2.14. The zero-order chi connectivity index (χ0) is 15.4. The van der Waals surface area contributed by atoms with Crippen LogP contribution < -0.4 is 10.5 Å². The molecule has 0 saturated heterocycles. The third-order valence-electron chi connectivity index (χ3n) is 2.78. The summed E-state index contributed by atoms with van der Waals surface area (Å²) in [5, 5.41) is 8.78. The number of ether oxygens (including phenoxy) is 1. The summed E-state index contributed by atoms with van der Waals surface area (Å²) in [5.74, 6) is 1.53. The fourth-order valence-electron chi connectivity index (χ4n) is 1.90. The van der Waals surface area contributed by atoms with E-state index in [0.29, 0.717) is 40.4 Å². The SMILES string of the molecule is CCc1nnc(COc2c(Cl)cc(Cl)cc2CC(C)N)o1. The number of benzene rings is 1. The first-order valence-corrected chi connectivity index (χ1v) is 7.42. The van der Waals surface area contributed by atoms with E-state index in [1.807, 2.05) is 13.8 Å². The number of rotatable bonds is 6. The third kappa shape index (κ3) is 4.33. The van der Waals surface area contributed by atoms with Gasteiger partial charge in [0.15, 0.2) is 6.61 Å². The van der Waals surface area contributed by atoms with E-state index in [9.17, 15) is 0 Å². The van der Waals surface area contributed by atoms with Gasteiger partial charge in [0.25, 0.3) is 5.89 Å². The summed E-state index contributed by atoms with van der Waals surface area (Å²) in [6, 6.07) is 3.41. The highest BCUT2D eigenvalue weighted by atomic mass is 35.5. The molecular weight excluding hydrogens is 313 g/mol. The van der Waals surface area contributed by atoms with Crippen LogP contribution in [0.2, 0.25) is 10.0 Å². The van der Waals surface area contributed by atoms with Gasteiger partial charge in [-0.3, -0.25) is 0 Å². The van der Waals surface area contributed by atoms with Crippen molar-refractivity contribution >= 4 is 23.2 Å². The van der Waals surface area contributed by atoms with Crippen molar-refractivity contribution in [2.75, 3.05) is 0 Å². The number of hydrogen-bond donors (Lipinski definition) is 1. The number of aromatic nitrogens is 2. The van der Waals surface area contributed by atoms with E-state index in [1.165, 1.54) is 0 Å². The van der Waals surface area contributed by atoms with Crippen molar-refractivity contribution in [2.24, 2.45) is 5.73 Å². The van der Waals surface area contributed by atoms with E-state index < -0.39 is 0 Å². The summed E-state index contributed by atoms with van der Waals surface area (Å²) in [6.45, 7) is 4.00.